The number of carbonyl (C=O) groups is 1. The minimum atomic E-state index is -1.15. The van der Waals surface area contributed by atoms with E-state index in [0.717, 1.165) is 5.39 Å². The van der Waals surface area contributed by atoms with E-state index < -0.39 is 11.2 Å². The number of hydrogen-bond acceptors (Lipinski definition) is 7. The highest BCUT2D eigenvalue weighted by Crippen LogP contribution is 2.37. The number of carbonyl (C=O) groups excluding carboxylic acids is 1. The Labute approximate surface area is 204 Å². The summed E-state index contributed by atoms with van der Waals surface area (Å²) in [5.74, 6) is 1.31. The van der Waals surface area contributed by atoms with E-state index in [1.807, 2.05) is 38.5 Å². The Morgan fingerprint density at radius 2 is 1.91 bits per heavy atom. The maximum atomic E-state index is 12.6. The number of pyridine rings is 1. The Morgan fingerprint density at radius 1 is 1.18 bits per heavy atom. The predicted molar refractivity (Wildman–Crippen MR) is 132 cm³/mol. The third-order valence-electron chi connectivity index (χ3n) is 5.73. The maximum Gasteiger partial charge on any atom is 0.410 e. The molecule has 0 radical (unpaired) electrons. The Bertz CT molecular complexity index is 1210. The van der Waals surface area contributed by atoms with Gasteiger partial charge in [-0.05, 0) is 47.6 Å². The normalized spacial score (nSPS) is 17.4. The molecule has 3 aromatic heterocycles. The van der Waals surface area contributed by atoms with Gasteiger partial charge in [-0.15, -0.1) is 0 Å². The van der Waals surface area contributed by atoms with Crippen molar-refractivity contribution in [3.8, 4) is 5.82 Å². The lowest BCUT2D eigenvalue weighted by atomic mass is 9.98. The molecule has 0 spiro atoms. The monoisotopic (exact) mass is 486 g/mol. The van der Waals surface area contributed by atoms with Crippen molar-refractivity contribution in [1.82, 2.24) is 24.4 Å². The first-order valence-electron chi connectivity index (χ1n) is 11.3. The standard InChI is InChI=1S/C24H31ClN6O3/c1-15-12-29(22(32)34-23(2,3)4)9-10-30(15)20-19-17(24(5,6)33)13-31(21(19)28-14-27-20)18-11-16(25)7-8-26-18/h7-8,11,13-15,33H,9-10,12H2,1-6H3/t15-/m0/s1. The minimum Gasteiger partial charge on any atom is -0.444 e. The highest BCUT2D eigenvalue weighted by Gasteiger charge is 2.34. The molecule has 1 aliphatic heterocycles. The van der Waals surface area contributed by atoms with Gasteiger partial charge in [0.2, 0.25) is 0 Å². The van der Waals surface area contributed by atoms with E-state index >= 15 is 0 Å². The first kappa shape index (κ1) is 24.2. The highest BCUT2D eigenvalue weighted by molar-refractivity contribution is 6.30. The van der Waals surface area contributed by atoms with E-state index in [2.05, 4.69) is 19.9 Å². The molecule has 1 atom stereocenters. The summed E-state index contributed by atoms with van der Waals surface area (Å²) in [6, 6.07) is 3.43. The van der Waals surface area contributed by atoms with Crippen LogP contribution in [0.3, 0.4) is 0 Å². The summed E-state index contributed by atoms with van der Waals surface area (Å²) in [5.41, 5.74) is -0.390. The van der Waals surface area contributed by atoms with Crippen LogP contribution in [0.2, 0.25) is 5.02 Å². The average molecular weight is 487 g/mol. The Balaban J connectivity index is 1.75. The van der Waals surface area contributed by atoms with Gasteiger partial charge in [-0.1, -0.05) is 11.6 Å². The van der Waals surface area contributed by atoms with Crippen molar-refractivity contribution in [2.75, 3.05) is 24.5 Å². The van der Waals surface area contributed by atoms with E-state index in [-0.39, 0.29) is 12.1 Å². The van der Waals surface area contributed by atoms with Gasteiger partial charge < -0.3 is 19.6 Å². The van der Waals surface area contributed by atoms with E-state index in [9.17, 15) is 9.90 Å². The molecule has 182 valence electrons. The molecule has 0 aliphatic carbocycles. The second kappa shape index (κ2) is 8.70. The van der Waals surface area contributed by atoms with Crippen LogP contribution in [0, 0.1) is 0 Å². The third kappa shape index (κ3) is 4.81. The molecule has 9 nitrogen and oxygen atoms in total. The van der Waals surface area contributed by atoms with Gasteiger partial charge >= 0.3 is 6.09 Å². The lowest BCUT2D eigenvalue weighted by molar-refractivity contribution is 0.0218. The number of aliphatic hydroxyl groups is 1. The van der Waals surface area contributed by atoms with Crippen LogP contribution in [-0.4, -0.2) is 66.9 Å². The van der Waals surface area contributed by atoms with Gasteiger partial charge in [0.05, 0.1) is 11.0 Å². The van der Waals surface area contributed by atoms with Crippen LogP contribution in [0.5, 0.6) is 0 Å². The second-order valence-corrected chi connectivity index (χ2v) is 10.6. The molecule has 1 amide bonds. The van der Waals surface area contributed by atoms with Crippen LogP contribution in [0.25, 0.3) is 16.9 Å². The summed E-state index contributed by atoms with van der Waals surface area (Å²) < 4.78 is 7.37. The molecular weight excluding hydrogens is 456 g/mol. The molecule has 0 aromatic carbocycles. The summed E-state index contributed by atoms with van der Waals surface area (Å²) in [5, 5.41) is 12.3. The summed E-state index contributed by atoms with van der Waals surface area (Å²) in [6.45, 7) is 12.7. The van der Waals surface area contributed by atoms with Gasteiger partial charge in [0, 0.05) is 54.7 Å². The molecule has 4 heterocycles. The SMILES string of the molecule is C[C@H]1CN(C(=O)OC(C)(C)C)CCN1c1ncnc2c1c(C(C)(C)O)cn2-c1cc(Cl)ccn1. The van der Waals surface area contributed by atoms with Crippen LogP contribution in [-0.2, 0) is 10.3 Å². The van der Waals surface area contributed by atoms with Gasteiger partial charge in [0.1, 0.15) is 23.6 Å². The molecule has 1 N–H and O–H groups in total. The summed E-state index contributed by atoms with van der Waals surface area (Å²) in [7, 11) is 0. The molecule has 0 unspecified atom stereocenters. The topological polar surface area (TPSA) is 96.6 Å². The Kier molecular flexibility index (Phi) is 6.20. The van der Waals surface area contributed by atoms with Gasteiger partial charge in [0.15, 0.2) is 5.65 Å². The smallest absolute Gasteiger partial charge is 0.410 e. The van der Waals surface area contributed by atoms with Gasteiger partial charge in [-0.25, -0.2) is 19.7 Å². The number of rotatable bonds is 3. The fourth-order valence-electron chi connectivity index (χ4n) is 4.19. The lowest BCUT2D eigenvalue weighted by Gasteiger charge is -2.41. The van der Waals surface area contributed by atoms with E-state index in [1.165, 1.54) is 6.33 Å². The zero-order valence-electron chi connectivity index (χ0n) is 20.4. The van der Waals surface area contributed by atoms with Crippen LogP contribution in [0.4, 0.5) is 10.6 Å². The maximum absolute atomic E-state index is 12.6. The number of halogens is 1. The zero-order chi connectivity index (χ0) is 24.8. The van der Waals surface area contributed by atoms with Gasteiger partial charge in [-0.3, -0.25) is 4.57 Å². The van der Waals surface area contributed by atoms with E-state index in [0.29, 0.717) is 47.5 Å². The summed E-state index contributed by atoms with van der Waals surface area (Å²) in [6.07, 6.45) is 4.67. The van der Waals surface area contributed by atoms with Gasteiger partial charge in [0.25, 0.3) is 0 Å². The van der Waals surface area contributed by atoms with Crippen molar-refractivity contribution in [3.05, 3.63) is 41.4 Å². The van der Waals surface area contributed by atoms with Crippen molar-refractivity contribution in [2.45, 2.75) is 58.8 Å². The van der Waals surface area contributed by atoms with E-state index in [1.54, 1.807) is 37.1 Å². The van der Waals surface area contributed by atoms with Crippen molar-refractivity contribution in [1.29, 1.82) is 0 Å². The van der Waals surface area contributed by atoms with Crippen molar-refractivity contribution in [3.63, 3.8) is 0 Å². The van der Waals surface area contributed by atoms with Crippen molar-refractivity contribution in [2.24, 2.45) is 0 Å². The number of hydrogen-bond donors (Lipinski definition) is 1. The van der Waals surface area contributed by atoms with Crippen LogP contribution < -0.4 is 4.90 Å². The molecule has 0 saturated carbocycles. The molecule has 1 fully saturated rings. The first-order chi connectivity index (χ1) is 15.8. The summed E-state index contributed by atoms with van der Waals surface area (Å²) >= 11 is 6.21. The van der Waals surface area contributed by atoms with E-state index in [4.69, 9.17) is 16.3 Å². The fourth-order valence-corrected chi connectivity index (χ4v) is 4.35. The quantitative estimate of drug-likeness (QED) is 0.594. The number of anilines is 1. The molecule has 3 aromatic rings. The molecule has 0 bridgehead atoms. The third-order valence-corrected chi connectivity index (χ3v) is 5.96. The van der Waals surface area contributed by atoms with Gasteiger partial charge in [-0.2, -0.15) is 0 Å². The molecule has 1 aliphatic rings. The first-order valence-corrected chi connectivity index (χ1v) is 11.7. The minimum absolute atomic E-state index is 0.0262. The van der Waals surface area contributed by atoms with Crippen LogP contribution >= 0.6 is 11.6 Å². The summed E-state index contributed by atoms with van der Waals surface area (Å²) in [4.78, 5) is 30.1. The molecule has 34 heavy (non-hydrogen) atoms. The van der Waals surface area contributed by atoms with Crippen LogP contribution in [0.1, 0.15) is 47.1 Å². The molecule has 4 rings (SSSR count). The number of piperazine rings is 1. The number of amides is 1. The predicted octanol–water partition coefficient (Wildman–Crippen LogP) is 4.14. The number of nitrogens with zero attached hydrogens (tertiary/aromatic N) is 6. The number of fused-ring (bicyclic) bond motifs is 1. The molecule has 10 heteroatoms. The lowest BCUT2D eigenvalue weighted by Crippen LogP contribution is -2.55. The highest BCUT2D eigenvalue weighted by atomic mass is 35.5. The number of ether oxygens (including phenoxy) is 1. The molecule has 1 saturated heterocycles. The van der Waals surface area contributed by atoms with Crippen molar-refractivity contribution < 1.29 is 14.6 Å². The fraction of sp³-hybridized carbons (Fsp3) is 0.500. The zero-order valence-corrected chi connectivity index (χ0v) is 21.2. The van der Waals surface area contributed by atoms with Crippen molar-refractivity contribution >= 4 is 34.5 Å². The Hall–Kier alpha value is -2.91. The van der Waals surface area contributed by atoms with Crippen LogP contribution in [0.15, 0.2) is 30.9 Å². The Morgan fingerprint density at radius 3 is 2.53 bits per heavy atom. The largest absolute Gasteiger partial charge is 0.444 e. The second-order valence-electron chi connectivity index (χ2n) is 10.2. The average Bonchev–Trinajstić information content (AvgIpc) is 3.13. The molecular formula is C24H31ClN6O3. The number of aromatic nitrogens is 4.